The molecule has 0 spiro atoms. The Balaban J connectivity index is 0.000000370. The first-order valence-electron chi connectivity index (χ1n) is 8.42. The van der Waals surface area contributed by atoms with E-state index in [4.69, 9.17) is 14.4 Å². The number of rotatable bonds is 5. The van der Waals surface area contributed by atoms with Crippen LogP contribution in [0.1, 0.15) is 42.0 Å². The van der Waals surface area contributed by atoms with Gasteiger partial charge in [-0.2, -0.15) is 18.2 Å². The highest BCUT2D eigenvalue weighted by Gasteiger charge is 2.38. The second kappa shape index (κ2) is 9.17. The zero-order chi connectivity index (χ0) is 21.6. The van der Waals surface area contributed by atoms with Crippen LogP contribution in [0.5, 0.6) is 0 Å². The number of aromatic nitrogens is 4. The first-order valence-corrected chi connectivity index (χ1v) is 8.42. The van der Waals surface area contributed by atoms with E-state index in [-0.39, 0.29) is 11.8 Å². The van der Waals surface area contributed by atoms with Crippen LogP contribution in [0.4, 0.5) is 13.2 Å². The van der Waals surface area contributed by atoms with Crippen molar-refractivity contribution in [3.05, 3.63) is 48.0 Å². The number of nitrogens with zero attached hydrogens (tertiary/aromatic N) is 4. The third-order valence-electron chi connectivity index (χ3n) is 3.46. The van der Waals surface area contributed by atoms with Gasteiger partial charge in [0.05, 0.1) is 0 Å². The molecule has 0 saturated heterocycles. The summed E-state index contributed by atoms with van der Waals surface area (Å²) in [5.41, 5.74) is 1.13. The molecule has 3 aromatic rings. The summed E-state index contributed by atoms with van der Waals surface area (Å²) in [6, 6.07) is 5.62. The second-order valence-electron chi connectivity index (χ2n) is 6.10. The number of hydrogen-bond donors (Lipinski definition) is 2. The van der Waals surface area contributed by atoms with Gasteiger partial charge in [0.25, 0.3) is 5.91 Å². The van der Waals surface area contributed by atoms with Gasteiger partial charge in [-0.15, -0.1) is 0 Å². The Hall–Kier alpha value is -3.44. The maximum atomic E-state index is 12.1. The number of alkyl halides is 3. The molecule has 3 rings (SSSR count). The van der Waals surface area contributed by atoms with Gasteiger partial charge < -0.3 is 19.3 Å². The normalized spacial score (nSPS) is 11.2. The van der Waals surface area contributed by atoms with Crippen LogP contribution in [0.3, 0.4) is 0 Å². The zero-order valence-electron chi connectivity index (χ0n) is 15.5. The molecule has 0 unspecified atom stereocenters. The molecule has 0 radical (unpaired) electrons. The molecule has 0 saturated carbocycles. The minimum Gasteiger partial charge on any atom is -0.475 e. The van der Waals surface area contributed by atoms with Crippen LogP contribution in [-0.4, -0.2) is 49.2 Å². The Bertz CT molecular complexity index is 948. The highest BCUT2D eigenvalue weighted by Crippen LogP contribution is 2.13. The standard InChI is InChI=1S/C15H17N5O2.C2HF3O2/c1-10(2)14-18-13(22-19-14)6-7-16-15(21)11-9-20-8-4-3-5-12(20)17-11;3-2(4,5)1(6)7/h3-5,8-10H,6-7H2,1-2H3,(H,16,21);(H,6,7). The minimum atomic E-state index is -5.08. The number of imidazole rings is 1. The van der Waals surface area contributed by atoms with Gasteiger partial charge in [-0.25, -0.2) is 9.78 Å². The molecular weight excluding hydrogens is 395 g/mol. The van der Waals surface area contributed by atoms with Crippen LogP contribution in [0.25, 0.3) is 5.65 Å². The molecule has 0 aliphatic rings. The Labute approximate surface area is 162 Å². The molecule has 12 heteroatoms. The fraction of sp³-hybridized carbons (Fsp3) is 0.353. The Kier molecular flexibility index (Phi) is 6.91. The fourth-order valence-electron chi connectivity index (χ4n) is 2.02. The molecule has 0 aliphatic heterocycles. The van der Waals surface area contributed by atoms with Gasteiger partial charge in [-0.05, 0) is 12.1 Å². The van der Waals surface area contributed by atoms with E-state index in [0.29, 0.717) is 30.4 Å². The zero-order valence-corrected chi connectivity index (χ0v) is 15.5. The van der Waals surface area contributed by atoms with E-state index in [2.05, 4.69) is 20.4 Å². The number of amides is 1. The van der Waals surface area contributed by atoms with Gasteiger partial charge in [0.1, 0.15) is 11.3 Å². The van der Waals surface area contributed by atoms with Crippen molar-refractivity contribution < 1.29 is 32.4 Å². The number of carbonyl (C=O) groups is 2. The third kappa shape index (κ3) is 6.30. The quantitative estimate of drug-likeness (QED) is 0.659. The van der Waals surface area contributed by atoms with Gasteiger partial charge in [0.15, 0.2) is 5.82 Å². The number of carboxylic acids is 1. The molecule has 0 aliphatic carbocycles. The second-order valence-corrected chi connectivity index (χ2v) is 6.10. The molecule has 9 nitrogen and oxygen atoms in total. The van der Waals surface area contributed by atoms with Gasteiger partial charge in [-0.1, -0.05) is 25.1 Å². The molecule has 3 aromatic heterocycles. The minimum absolute atomic E-state index is 0.215. The number of halogens is 3. The molecule has 0 aromatic carbocycles. The summed E-state index contributed by atoms with van der Waals surface area (Å²) < 4.78 is 38.7. The molecule has 1 amide bonds. The summed E-state index contributed by atoms with van der Waals surface area (Å²) in [6.07, 6.45) is -1.03. The smallest absolute Gasteiger partial charge is 0.475 e. The summed E-state index contributed by atoms with van der Waals surface area (Å²) in [5, 5.41) is 13.8. The van der Waals surface area contributed by atoms with Crippen molar-refractivity contribution >= 4 is 17.5 Å². The number of hydrogen-bond acceptors (Lipinski definition) is 6. The number of carboxylic acid groups (broad SMARTS) is 1. The Morgan fingerprint density at radius 1 is 1.28 bits per heavy atom. The molecular formula is C17H18F3N5O4. The van der Waals surface area contributed by atoms with Crippen LogP contribution in [0, 0.1) is 0 Å². The van der Waals surface area contributed by atoms with Crippen LogP contribution < -0.4 is 5.32 Å². The summed E-state index contributed by atoms with van der Waals surface area (Å²) in [7, 11) is 0. The van der Waals surface area contributed by atoms with E-state index in [1.165, 1.54) is 0 Å². The third-order valence-corrected chi connectivity index (χ3v) is 3.46. The van der Waals surface area contributed by atoms with Crippen LogP contribution >= 0.6 is 0 Å². The van der Waals surface area contributed by atoms with E-state index in [0.717, 1.165) is 5.65 Å². The number of nitrogens with one attached hydrogen (secondary N) is 1. The molecule has 0 atom stereocenters. The van der Waals surface area contributed by atoms with E-state index >= 15 is 0 Å². The summed E-state index contributed by atoms with van der Waals surface area (Å²) in [6.45, 7) is 4.42. The van der Waals surface area contributed by atoms with E-state index in [1.54, 1.807) is 6.20 Å². The van der Waals surface area contributed by atoms with Crippen molar-refractivity contribution in [2.75, 3.05) is 6.54 Å². The number of carbonyl (C=O) groups excluding carboxylic acids is 1. The molecule has 156 valence electrons. The van der Waals surface area contributed by atoms with Crippen LogP contribution in [-0.2, 0) is 11.2 Å². The lowest BCUT2D eigenvalue weighted by Crippen LogP contribution is -2.26. The molecule has 3 heterocycles. The van der Waals surface area contributed by atoms with Crippen molar-refractivity contribution in [1.29, 1.82) is 0 Å². The van der Waals surface area contributed by atoms with Gasteiger partial charge in [0.2, 0.25) is 5.89 Å². The Morgan fingerprint density at radius 2 is 1.97 bits per heavy atom. The molecule has 0 fully saturated rings. The average Bonchev–Trinajstić information content (AvgIpc) is 3.28. The maximum absolute atomic E-state index is 12.1. The lowest BCUT2D eigenvalue weighted by atomic mass is 10.2. The van der Waals surface area contributed by atoms with Crippen molar-refractivity contribution in [3.8, 4) is 0 Å². The van der Waals surface area contributed by atoms with Gasteiger partial charge >= 0.3 is 12.1 Å². The van der Waals surface area contributed by atoms with E-state index < -0.39 is 12.1 Å². The first kappa shape index (κ1) is 21.9. The van der Waals surface area contributed by atoms with Crippen molar-refractivity contribution in [2.24, 2.45) is 0 Å². The lowest BCUT2D eigenvalue weighted by Gasteiger charge is -1.99. The number of pyridine rings is 1. The van der Waals surface area contributed by atoms with E-state index in [9.17, 15) is 18.0 Å². The largest absolute Gasteiger partial charge is 0.490 e. The highest BCUT2D eigenvalue weighted by molar-refractivity contribution is 5.92. The number of fused-ring (bicyclic) bond motifs is 1. The Morgan fingerprint density at radius 3 is 2.52 bits per heavy atom. The van der Waals surface area contributed by atoms with Crippen molar-refractivity contribution in [1.82, 2.24) is 24.8 Å². The van der Waals surface area contributed by atoms with E-state index in [1.807, 2.05) is 42.6 Å². The average molecular weight is 413 g/mol. The van der Waals surface area contributed by atoms with Crippen LogP contribution in [0.15, 0.2) is 35.1 Å². The molecule has 0 bridgehead atoms. The first-order chi connectivity index (χ1) is 13.6. The predicted octanol–water partition coefficient (Wildman–Crippen LogP) is 2.45. The summed E-state index contributed by atoms with van der Waals surface area (Å²) in [4.78, 5) is 29.5. The predicted molar refractivity (Wildman–Crippen MR) is 93.3 cm³/mol. The van der Waals surface area contributed by atoms with Gasteiger partial charge in [-0.3, -0.25) is 4.79 Å². The van der Waals surface area contributed by atoms with Crippen molar-refractivity contribution in [3.63, 3.8) is 0 Å². The summed E-state index contributed by atoms with van der Waals surface area (Å²) in [5.74, 6) is -1.54. The summed E-state index contributed by atoms with van der Waals surface area (Å²) >= 11 is 0. The molecule has 29 heavy (non-hydrogen) atoms. The topological polar surface area (TPSA) is 123 Å². The molecule has 2 N–H and O–H groups in total. The lowest BCUT2D eigenvalue weighted by molar-refractivity contribution is -0.192. The monoisotopic (exact) mass is 413 g/mol. The van der Waals surface area contributed by atoms with Gasteiger partial charge in [0, 0.05) is 31.3 Å². The SMILES string of the molecule is CC(C)c1noc(CCNC(=O)c2cn3ccccc3n2)n1.O=C(O)C(F)(F)F. The number of aliphatic carboxylic acids is 1. The van der Waals surface area contributed by atoms with Crippen LogP contribution in [0.2, 0.25) is 0 Å². The maximum Gasteiger partial charge on any atom is 0.490 e. The van der Waals surface area contributed by atoms with Crippen molar-refractivity contribution in [2.45, 2.75) is 32.4 Å². The fourth-order valence-corrected chi connectivity index (χ4v) is 2.02. The highest BCUT2D eigenvalue weighted by atomic mass is 19.4.